The Bertz CT molecular complexity index is 989. The highest BCUT2D eigenvalue weighted by Crippen LogP contribution is 2.36. The summed E-state index contributed by atoms with van der Waals surface area (Å²) >= 11 is 0. The Morgan fingerprint density at radius 1 is 0.808 bits per heavy atom. The minimum atomic E-state index is -2.47. The quantitative estimate of drug-likeness (QED) is 0.600. The molecule has 0 saturated heterocycles. The number of phenolic OH excluding ortho intramolecular Hbond substituents is 1. The Labute approximate surface area is 151 Å². The van der Waals surface area contributed by atoms with Crippen molar-refractivity contribution in [2.24, 2.45) is 0 Å². The van der Waals surface area contributed by atoms with Crippen molar-refractivity contribution >= 4 is 11.6 Å². The van der Waals surface area contributed by atoms with E-state index in [1.807, 2.05) is 24.3 Å². The summed E-state index contributed by atoms with van der Waals surface area (Å²) in [5.41, 5.74) is 6.16. The van der Waals surface area contributed by atoms with Crippen molar-refractivity contribution in [2.75, 3.05) is 0 Å². The summed E-state index contributed by atoms with van der Waals surface area (Å²) in [4.78, 5) is 0. The molecule has 0 radical (unpaired) electrons. The van der Waals surface area contributed by atoms with Gasteiger partial charge >= 0.3 is 0 Å². The third-order valence-corrected chi connectivity index (χ3v) is 4.82. The summed E-state index contributed by atoms with van der Waals surface area (Å²) in [5.74, 6) is 0.203. The molecule has 1 N–H and O–H groups in total. The van der Waals surface area contributed by atoms with Crippen LogP contribution < -0.4 is 0 Å². The average molecular weight is 348 g/mol. The fraction of sp³-hybridized carbons (Fsp3) is 0.130. The molecule has 0 bridgehead atoms. The lowest BCUT2D eigenvalue weighted by Crippen LogP contribution is -1.95. The highest BCUT2D eigenvalue weighted by atomic mass is 19.3. The normalized spacial score (nSPS) is 14.8. The summed E-state index contributed by atoms with van der Waals surface area (Å²) in [6.45, 7) is 0. The number of aryl methyl sites for hydroxylation is 2. The standard InChI is InChI=1S/C23H18F2O/c24-23(25)18-10-11-21-17(14-18)9-8-16-5-1-2-7-20(16)22(21)13-15-4-3-6-19(26)12-15/h1-7,10-14,23,26H,8-9H2/b22-13+. The van der Waals surface area contributed by atoms with Crippen molar-refractivity contribution < 1.29 is 13.9 Å². The Balaban J connectivity index is 1.94. The molecule has 3 heteroatoms. The van der Waals surface area contributed by atoms with Crippen molar-refractivity contribution in [1.29, 1.82) is 0 Å². The summed E-state index contributed by atoms with van der Waals surface area (Å²) in [6.07, 6.45) is 1.09. The molecular formula is C23H18F2O. The van der Waals surface area contributed by atoms with Crippen LogP contribution in [0.1, 0.15) is 39.8 Å². The van der Waals surface area contributed by atoms with Crippen LogP contribution in [0.25, 0.3) is 11.6 Å². The highest BCUT2D eigenvalue weighted by Gasteiger charge is 2.19. The van der Waals surface area contributed by atoms with Gasteiger partial charge in [0.15, 0.2) is 0 Å². The molecule has 0 saturated carbocycles. The van der Waals surface area contributed by atoms with Crippen molar-refractivity contribution in [3.63, 3.8) is 0 Å². The zero-order valence-electron chi connectivity index (χ0n) is 14.1. The van der Waals surface area contributed by atoms with E-state index in [-0.39, 0.29) is 11.3 Å². The average Bonchev–Trinajstić information content (AvgIpc) is 2.79. The minimum Gasteiger partial charge on any atom is -0.508 e. The number of fused-ring (bicyclic) bond motifs is 2. The summed E-state index contributed by atoms with van der Waals surface area (Å²) in [5, 5.41) is 9.77. The van der Waals surface area contributed by atoms with E-state index in [9.17, 15) is 13.9 Å². The molecule has 0 aromatic heterocycles. The third-order valence-electron chi connectivity index (χ3n) is 4.82. The Hall–Kier alpha value is -2.94. The first-order chi connectivity index (χ1) is 12.6. The topological polar surface area (TPSA) is 20.2 Å². The zero-order valence-corrected chi connectivity index (χ0v) is 14.1. The monoisotopic (exact) mass is 348 g/mol. The predicted molar refractivity (Wildman–Crippen MR) is 100 cm³/mol. The van der Waals surface area contributed by atoms with Crippen LogP contribution in [0.4, 0.5) is 8.78 Å². The second-order valence-electron chi connectivity index (χ2n) is 6.53. The van der Waals surface area contributed by atoms with Gasteiger partial charge in [-0.2, -0.15) is 0 Å². The minimum absolute atomic E-state index is 0.0615. The Kier molecular flexibility index (Phi) is 4.29. The van der Waals surface area contributed by atoms with Gasteiger partial charge in [0.1, 0.15) is 5.75 Å². The molecule has 26 heavy (non-hydrogen) atoms. The predicted octanol–water partition coefficient (Wildman–Crippen LogP) is 6.02. The molecule has 0 unspecified atom stereocenters. The van der Waals surface area contributed by atoms with Gasteiger partial charge in [0, 0.05) is 5.56 Å². The molecule has 1 aliphatic carbocycles. The van der Waals surface area contributed by atoms with Gasteiger partial charge in [-0.1, -0.05) is 48.5 Å². The van der Waals surface area contributed by atoms with Crippen LogP contribution in [0.15, 0.2) is 66.7 Å². The first kappa shape index (κ1) is 16.5. The van der Waals surface area contributed by atoms with E-state index in [4.69, 9.17) is 0 Å². The molecule has 0 heterocycles. The molecule has 1 aliphatic rings. The van der Waals surface area contributed by atoms with Gasteiger partial charge in [-0.25, -0.2) is 8.78 Å². The number of benzene rings is 3. The number of hydrogen-bond donors (Lipinski definition) is 1. The van der Waals surface area contributed by atoms with Crippen molar-refractivity contribution in [2.45, 2.75) is 19.3 Å². The van der Waals surface area contributed by atoms with Crippen molar-refractivity contribution in [3.8, 4) is 5.75 Å². The molecular weight excluding hydrogens is 330 g/mol. The number of rotatable bonds is 2. The van der Waals surface area contributed by atoms with E-state index in [0.717, 1.165) is 40.7 Å². The summed E-state index contributed by atoms with van der Waals surface area (Å²) in [6, 6.07) is 20.1. The molecule has 4 rings (SSSR count). The lowest BCUT2D eigenvalue weighted by molar-refractivity contribution is 0.151. The lowest BCUT2D eigenvalue weighted by atomic mass is 9.91. The molecule has 0 fully saturated rings. The maximum Gasteiger partial charge on any atom is 0.263 e. The summed E-state index contributed by atoms with van der Waals surface area (Å²) < 4.78 is 26.3. The van der Waals surface area contributed by atoms with Crippen LogP contribution in [0.5, 0.6) is 5.75 Å². The SMILES string of the molecule is Oc1cccc(/C=C2\c3ccccc3CCc3cc(C(F)F)ccc32)c1. The molecule has 0 aliphatic heterocycles. The first-order valence-electron chi connectivity index (χ1n) is 8.62. The number of aromatic hydroxyl groups is 1. The van der Waals surface area contributed by atoms with Gasteiger partial charge in [-0.15, -0.1) is 0 Å². The molecule has 3 aromatic rings. The maximum atomic E-state index is 13.1. The second kappa shape index (κ2) is 6.75. The molecule has 3 aromatic carbocycles. The molecule has 0 amide bonds. The molecule has 1 nitrogen and oxygen atoms in total. The van der Waals surface area contributed by atoms with Gasteiger partial charge in [0.25, 0.3) is 6.43 Å². The zero-order chi connectivity index (χ0) is 18.1. The van der Waals surface area contributed by atoms with E-state index in [0.29, 0.717) is 0 Å². The van der Waals surface area contributed by atoms with E-state index < -0.39 is 6.43 Å². The number of halogens is 2. The Morgan fingerprint density at radius 3 is 2.38 bits per heavy atom. The van der Waals surface area contributed by atoms with Crippen LogP contribution in [0, 0.1) is 0 Å². The highest BCUT2D eigenvalue weighted by molar-refractivity contribution is 5.94. The summed E-state index contributed by atoms with van der Waals surface area (Å²) in [7, 11) is 0. The van der Waals surface area contributed by atoms with Crippen LogP contribution in [-0.2, 0) is 12.8 Å². The second-order valence-corrected chi connectivity index (χ2v) is 6.53. The molecule has 0 atom stereocenters. The van der Waals surface area contributed by atoms with Gasteiger partial charge in [0.2, 0.25) is 0 Å². The third kappa shape index (κ3) is 3.13. The van der Waals surface area contributed by atoms with Gasteiger partial charge < -0.3 is 5.11 Å². The smallest absolute Gasteiger partial charge is 0.263 e. The first-order valence-corrected chi connectivity index (χ1v) is 8.62. The van der Waals surface area contributed by atoms with E-state index in [1.54, 1.807) is 30.3 Å². The van der Waals surface area contributed by atoms with Crippen LogP contribution in [0.3, 0.4) is 0 Å². The van der Waals surface area contributed by atoms with E-state index in [1.165, 1.54) is 11.6 Å². The van der Waals surface area contributed by atoms with E-state index >= 15 is 0 Å². The molecule has 0 spiro atoms. The fourth-order valence-electron chi connectivity index (χ4n) is 3.57. The maximum absolute atomic E-state index is 13.1. The fourth-order valence-corrected chi connectivity index (χ4v) is 3.57. The van der Waals surface area contributed by atoms with Gasteiger partial charge in [-0.05, 0) is 70.5 Å². The van der Waals surface area contributed by atoms with Crippen molar-refractivity contribution in [1.82, 2.24) is 0 Å². The Morgan fingerprint density at radius 2 is 1.58 bits per heavy atom. The number of hydrogen-bond acceptors (Lipinski definition) is 1. The largest absolute Gasteiger partial charge is 0.508 e. The van der Waals surface area contributed by atoms with Crippen molar-refractivity contribution in [3.05, 3.63) is 100 Å². The van der Waals surface area contributed by atoms with Crippen LogP contribution >= 0.6 is 0 Å². The number of alkyl halides is 2. The number of phenols is 1. The molecule has 130 valence electrons. The van der Waals surface area contributed by atoms with Crippen LogP contribution in [0.2, 0.25) is 0 Å². The lowest BCUT2D eigenvalue weighted by Gasteiger charge is -2.13. The van der Waals surface area contributed by atoms with Gasteiger partial charge in [-0.3, -0.25) is 0 Å². The van der Waals surface area contributed by atoms with E-state index in [2.05, 4.69) is 12.1 Å². The van der Waals surface area contributed by atoms with Gasteiger partial charge in [0.05, 0.1) is 0 Å². The van der Waals surface area contributed by atoms with Crippen LogP contribution in [-0.4, -0.2) is 5.11 Å².